The van der Waals surface area contributed by atoms with Gasteiger partial charge in [-0.3, -0.25) is 0 Å². The van der Waals surface area contributed by atoms with Crippen LogP contribution in [0.15, 0.2) is 35.3 Å². The number of hydrogen-bond acceptors (Lipinski definition) is 1. The van der Waals surface area contributed by atoms with Crippen molar-refractivity contribution in [2.24, 2.45) is 10.7 Å². The molecule has 1 aromatic carbocycles. The summed E-state index contributed by atoms with van der Waals surface area (Å²) in [5.74, 6) is 0.610. The summed E-state index contributed by atoms with van der Waals surface area (Å²) in [6.45, 7) is 6.53. The maximum absolute atomic E-state index is 5.94. The van der Waals surface area contributed by atoms with E-state index >= 15 is 0 Å². The number of hydrogen-bond donors (Lipinski definition) is 2. The fraction of sp³-hybridized carbons (Fsp3) is 0.357. The van der Waals surface area contributed by atoms with Gasteiger partial charge in [0.2, 0.25) is 0 Å². The van der Waals surface area contributed by atoms with Gasteiger partial charge in [0.05, 0.1) is 6.54 Å². The van der Waals surface area contributed by atoms with Crippen LogP contribution >= 0.6 is 24.0 Å². The van der Waals surface area contributed by atoms with Crippen molar-refractivity contribution in [2.45, 2.75) is 20.4 Å². The summed E-state index contributed by atoms with van der Waals surface area (Å²) < 4.78 is 0. The first-order chi connectivity index (χ1) is 8.74. The van der Waals surface area contributed by atoms with Crippen LogP contribution < -0.4 is 5.73 Å². The second kappa shape index (κ2) is 7.37. The Morgan fingerprint density at radius 1 is 1.26 bits per heavy atom. The average Bonchev–Trinajstić information content (AvgIpc) is 2.80. The van der Waals surface area contributed by atoms with E-state index < -0.39 is 0 Å². The van der Waals surface area contributed by atoms with E-state index in [1.807, 2.05) is 17.0 Å². The van der Waals surface area contributed by atoms with Crippen molar-refractivity contribution >= 4 is 40.8 Å². The molecular weight excluding hydrogens is 351 g/mol. The minimum Gasteiger partial charge on any atom is -0.370 e. The summed E-state index contributed by atoms with van der Waals surface area (Å²) >= 11 is 0. The Balaban J connectivity index is 0.00000180. The van der Waals surface area contributed by atoms with Crippen molar-refractivity contribution in [1.29, 1.82) is 0 Å². The SMILES string of the molecule is CCN(CC)C(N)=NCc1cc2ccccc2[nH]1.I. The lowest BCUT2D eigenvalue weighted by Crippen LogP contribution is -2.37. The normalized spacial score (nSPS) is 11.4. The van der Waals surface area contributed by atoms with Gasteiger partial charge in [-0.1, -0.05) is 18.2 Å². The minimum absolute atomic E-state index is 0. The number of nitrogens with two attached hydrogens (primary N) is 1. The molecule has 4 nitrogen and oxygen atoms in total. The standard InChI is InChI=1S/C14H20N4.HI/c1-3-18(4-2)14(15)16-10-12-9-11-7-5-6-8-13(11)17-12;/h5-9,17H,3-4,10H2,1-2H3,(H2,15,16);1H. The smallest absolute Gasteiger partial charge is 0.191 e. The van der Waals surface area contributed by atoms with Crippen LogP contribution in [0, 0.1) is 0 Å². The zero-order valence-corrected chi connectivity index (χ0v) is 13.7. The van der Waals surface area contributed by atoms with Crippen molar-refractivity contribution in [3.8, 4) is 0 Å². The molecule has 0 aliphatic rings. The molecule has 1 heterocycles. The van der Waals surface area contributed by atoms with Crippen LogP contribution in [0.25, 0.3) is 10.9 Å². The van der Waals surface area contributed by atoms with E-state index in [0.717, 1.165) is 24.3 Å². The van der Waals surface area contributed by atoms with Crippen LogP contribution in [0.4, 0.5) is 0 Å². The van der Waals surface area contributed by atoms with Gasteiger partial charge >= 0.3 is 0 Å². The predicted octanol–water partition coefficient (Wildman–Crippen LogP) is 2.94. The van der Waals surface area contributed by atoms with Gasteiger partial charge in [-0.05, 0) is 31.4 Å². The molecule has 0 fully saturated rings. The molecule has 0 bridgehead atoms. The van der Waals surface area contributed by atoms with E-state index in [1.165, 1.54) is 5.39 Å². The highest BCUT2D eigenvalue weighted by Crippen LogP contribution is 2.15. The quantitative estimate of drug-likeness (QED) is 0.493. The average molecular weight is 372 g/mol. The van der Waals surface area contributed by atoms with E-state index in [4.69, 9.17) is 5.73 Å². The topological polar surface area (TPSA) is 57.4 Å². The van der Waals surface area contributed by atoms with E-state index in [9.17, 15) is 0 Å². The van der Waals surface area contributed by atoms with Crippen LogP contribution in [0.2, 0.25) is 0 Å². The zero-order valence-electron chi connectivity index (χ0n) is 11.4. The molecular formula is C14H21IN4. The molecule has 0 saturated carbocycles. The number of rotatable bonds is 4. The summed E-state index contributed by atoms with van der Waals surface area (Å²) in [4.78, 5) is 9.81. The summed E-state index contributed by atoms with van der Waals surface area (Å²) in [7, 11) is 0. The number of benzene rings is 1. The van der Waals surface area contributed by atoms with Crippen LogP contribution in [-0.2, 0) is 6.54 Å². The maximum atomic E-state index is 5.94. The van der Waals surface area contributed by atoms with Crippen LogP contribution in [0.5, 0.6) is 0 Å². The Morgan fingerprint density at radius 3 is 2.58 bits per heavy atom. The van der Waals surface area contributed by atoms with Gasteiger partial charge < -0.3 is 15.6 Å². The zero-order chi connectivity index (χ0) is 13.0. The monoisotopic (exact) mass is 372 g/mol. The van der Waals surface area contributed by atoms with Crippen molar-refractivity contribution in [3.05, 3.63) is 36.0 Å². The molecule has 0 atom stereocenters. The number of halogens is 1. The third-order valence-electron chi connectivity index (χ3n) is 3.08. The van der Waals surface area contributed by atoms with Gasteiger partial charge in [-0.2, -0.15) is 0 Å². The van der Waals surface area contributed by atoms with Gasteiger partial charge in [-0.25, -0.2) is 4.99 Å². The summed E-state index contributed by atoms with van der Waals surface area (Å²) in [6.07, 6.45) is 0. The molecule has 2 rings (SSSR count). The molecule has 0 saturated heterocycles. The number of para-hydroxylation sites is 1. The van der Waals surface area contributed by atoms with Crippen LogP contribution in [-0.4, -0.2) is 28.9 Å². The van der Waals surface area contributed by atoms with Gasteiger partial charge in [0.15, 0.2) is 5.96 Å². The van der Waals surface area contributed by atoms with Crippen molar-refractivity contribution in [3.63, 3.8) is 0 Å². The third kappa shape index (κ3) is 3.86. The Labute approximate surface area is 131 Å². The highest BCUT2D eigenvalue weighted by Gasteiger charge is 2.03. The van der Waals surface area contributed by atoms with Crippen molar-refractivity contribution in [2.75, 3.05) is 13.1 Å². The van der Waals surface area contributed by atoms with E-state index in [2.05, 4.69) is 42.0 Å². The molecule has 0 spiro atoms. The highest BCUT2D eigenvalue weighted by molar-refractivity contribution is 14.0. The number of H-pyrrole nitrogens is 1. The van der Waals surface area contributed by atoms with E-state index in [1.54, 1.807) is 0 Å². The first kappa shape index (κ1) is 15.8. The van der Waals surface area contributed by atoms with Crippen LogP contribution in [0.1, 0.15) is 19.5 Å². The van der Waals surface area contributed by atoms with E-state index in [-0.39, 0.29) is 24.0 Å². The molecule has 0 radical (unpaired) electrons. The van der Waals surface area contributed by atoms with Gasteiger partial charge in [-0.15, -0.1) is 24.0 Å². The Morgan fingerprint density at radius 2 is 1.95 bits per heavy atom. The Bertz CT molecular complexity index is 510. The Kier molecular flexibility index (Phi) is 6.14. The van der Waals surface area contributed by atoms with E-state index in [0.29, 0.717) is 12.5 Å². The number of nitrogens with one attached hydrogen (secondary N) is 1. The molecule has 5 heteroatoms. The summed E-state index contributed by atoms with van der Waals surface area (Å²) in [5.41, 5.74) is 8.17. The fourth-order valence-corrected chi connectivity index (χ4v) is 2.03. The molecule has 3 N–H and O–H groups in total. The molecule has 19 heavy (non-hydrogen) atoms. The van der Waals surface area contributed by atoms with Gasteiger partial charge in [0.25, 0.3) is 0 Å². The lowest BCUT2D eigenvalue weighted by atomic mass is 10.2. The maximum Gasteiger partial charge on any atom is 0.191 e. The molecule has 0 amide bonds. The lowest BCUT2D eigenvalue weighted by Gasteiger charge is -2.19. The first-order valence-corrected chi connectivity index (χ1v) is 6.36. The van der Waals surface area contributed by atoms with Crippen molar-refractivity contribution < 1.29 is 0 Å². The number of guanidine groups is 1. The largest absolute Gasteiger partial charge is 0.370 e. The Hall–Kier alpha value is -1.24. The fourth-order valence-electron chi connectivity index (χ4n) is 2.03. The molecule has 1 aromatic heterocycles. The minimum atomic E-state index is 0. The molecule has 0 unspecified atom stereocenters. The van der Waals surface area contributed by atoms with Crippen LogP contribution in [0.3, 0.4) is 0 Å². The first-order valence-electron chi connectivity index (χ1n) is 6.36. The van der Waals surface area contributed by atoms with Gasteiger partial charge in [0, 0.05) is 24.3 Å². The highest BCUT2D eigenvalue weighted by atomic mass is 127. The summed E-state index contributed by atoms with van der Waals surface area (Å²) in [6, 6.07) is 10.3. The predicted molar refractivity (Wildman–Crippen MR) is 92.0 cm³/mol. The number of aromatic nitrogens is 1. The van der Waals surface area contributed by atoms with Gasteiger partial charge in [0.1, 0.15) is 0 Å². The number of aromatic amines is 1. The van der Waals surface area contributed by atoms with Crippen molar-refractivity contribution in [1.82, 2.24) is 9.88 Å². The number of fused-ring (bicyclic) bond motifs is 1. The number of nitrogens with zero attached hydrogens (tertiary/aromatic N) is 2. The number of aliphatic imine (C=N–C) groups is 1. The third-order valence-corrected chi connectivity index (χ3v) is 3.08. The summed E-state index contributed by atoms with van der Waals surface area (Å²) in [5, 5.41) is 1.21. The molecule has 0 aliphatic heterocycles. The molecule has 0 aliphatic carbocycles. The second-order valence-electron chi connectivity index (χ2n) is 4.23. The molecule has 2 aromatic rings. The molecule has 104 valence electrons. The second-order valence-corrected chi connectivity index (χ2v) is 4.23. The lowest BCUT2D eigenvalue weighted by molar-refractivity contribution is 0.458.